The van der Waals surface area contributed by atoms with E-state index in [4.69, 9.17) is 9.15 Å². The fourth-order valence-electron chi connectivity index (χ4n) is 3.16. The molecule has 1 N–H and O–H groups in total. The Bertz CT molecular complexity index is 1110. The molecule has 0 aliphatic rings. The summed E-state index contributed by atoms with van der Waals surface area (Å²) in [6, 6.07) is 14.8. The molecule has 0 unspecified atom stereocenters. The van der Waals surface area contributed by atoms with E-state index in [1.54, 1.807) is 12.1 Å². The zero-order valence-electron chi connectivity index (χ0n) is 16.7. The first-order valence-electron chi connectivity index (χ1n) is 9.70. The van der Waals surface area contributed by atoms with E-state index < -0.39 is 29.6 Å². The molecule has 0 bridgehead atoms. The van der Waals surface area contributed by atoms with Gasteiger partial charge in [0.2, 0.25) is 0 Å². The number of amides is 1. The fourth-order valence-corrected chi connectivity index (χ4v) is 3.16. The van der Waals surface area contributed by atoms with E-state index in [9.17, 15) is 19.5 Å². The topological polar surface area (TPSA) is 109 Å². The summed E-state index contributed by atoms with van der Waals surface area (Å²) in [4.78, 5) is 35.5. The standard InChI is InChI=1S/C23H23NO6/c1-3-7-19(23(27)28)24-22(26)14(2)29-16-10-11-17-18(15-8-5-4-6-9-15)13-21(25)30-20(17)12-16/h4-6,8-14,19H,3,7H2,1-2H3,(H,24,26)(H,27,28)/p-1/t14-,19+/m0/s1. The van der Waals surface area contributed by atoms with Gasteiger partial charge in [0.05, 0.1) is 12.0 Å². The highest BCUT2D eigenvalue weighted by atomic mass is 16.5. The molecule has 1 aromatic heterocycles. The number of ether oxygens (including phenoxy) is 1. The Hall–Kier alpha value is -3.61. The smallest absolute Gasteiger partial charge is 0.336 e. The molecule has 0 spiro atoms. The zero-order chi connectivity index (χ0) is 21.7. The molecule has 0 saturated carbocycles. The second-order valence-electron chi connectivity index (χ2n) is 6.93. The number of rotatable bonds is 8. The second-order valence-corrected chi connectivity index (χ2v) is 6.93. The van der Waals surface area contributed by atoms with E-state index >= 15 is 0 Å². The van der Waals surface area contributed by atoms with Crippen LogP contribution in [0, 0.1) is 0 Å². The molecule has 7 heteroatoms. The quantitative estimate of drug-likeness (QED) is 0.573. The summed E-state index contributed by atoms with van der Waals surface area (Å²) in [6.07, 6.45) is -0.101. The number of nitrogens with one attached hydrogen (secondary N) is 1. The maximum Gasteiger partial charge on any atom is 0.336 e. The highest BCUT2D eigenvalue weighted by Crippen LogP contribution is 2.29. The van der Waals surface area contributed by atoms with E-state index in [0.29, 0.717) is 17.8 Å². The van der Waals surface area contributed by atoms with E-state index in [1.807, 2.05) is 37.3 Å². The molecule has 7 nitrogen and oxygen atoms in total. The third-order valence-corrected chi connectivity index (χ3v) is 4.66. The molecular weight excluding hydrogens is 386 g/mol. The molecule has 1 amide bonds. The molecule has 30 heavy (non-hydrogen) atoms. The van der Waals surface area contributed by atoms with Crippen molar-refractivity contribution in [2.45, 2.75) is 38.8 Å². The van der Waals surface area contributed by atoms with Crippen LogP contribution in [0.15, 0.2) is 63.8 Å². The van der Waals surface area contributed by atoms with Gasteiger partial charge in [0, 0.05) is 17.5 Å². The van der Waals surface area contributed by atoms with E-state index in [2.05, 4.69) is 5.32 Å². The minimum Gasteiger partial charge on any atom is -0.548 e. The number of benzene rings is 2. The lowest BCUT2D eigenvalue weighted by atomic mass is 10.0. The van der Waals surface area contributed by atoms with Gasteiger partial charge in [-0.1, -0.05) is 43.7 Å². The normalized spacial score (nSPS) is 12.9. The van der Waals surface area contributed by atoms with Crippen LogP contribution >= 0.6 is 0 Å². The Morgan fingerprint density at radius 1 is 1.13 bits per heavy atom. The summed E-state index contributed by atoms with van der Waals surface area (Å²) in [6.45, 7) is 3.32. The minimum atomic E-state index is -1.33. The van der Waals surface area contributed by atoms with Gasteiger partial charge in [0.15, 0.2) is 6.10 Å². The molecule has 0 radical (unpaired) electrons. The third-order valence-electron chi connectivity index (χ3n) is 4.66. The summed E-state index contributed by atoms with van der Waals surface area (Å²) in [7, 11) is 0. The van der Waals surface area contributed by atoms with Crippen molar-refractivity contribution in [3.63, 3.8) is 0 Å². The first kappa shape index (κ1) is 21.1. The van der Waals surface area contributed by atoms with Crippen molar-refractivity contribution < 1.29 is 23.8 Å². The summed E-state index contributed by atoms with van der Waals surface area (Å²) in [5.41, 5.74) is 1.43. The van der Waals surface area contributed by atoms with Gasteiger partial charge in [-0.15, -0.1) is 0 Å². The largest absolute Gasteiger partial charge is 0.548 e. The van der Waals surface area contributed by atoms with Crippen LogP contribution in [-0.4, -0.2) is 24.0 Å². The molecule has 0 fully saturated rings. The van der Waals surface area contributed by atoms with E-state index in [1.165, 1.54) is 19.1 Å². The predicted octanol–water partition coefficient (Wildman–Crippen LogP) is 2.26. The van der Waals surface area contributed by atoms with Gasteiger partial charge < -0.3 is 24.4 Å². The van der Waals surface area contributed by atoms with E-state index in [0.717, 1.165) is 16.5 Å². The Kier molecular flexibility index (Phi) is 6.51. The van der Waals surface area contributed by atoms with Gasteiger partial charge in [-0.05, 0) is 36.6 Å². The molecule has 0 aliphatic carbocycles. The third kappa shape index (κ3) is 4.86. The Morgan fingerprint density at radius 2 is 1.87 bits per heavy atom. The number of hydrogen-bond donors (Lipinski definition) is 1. The van der Waals surface area contributed by atoms with Gasteiger partial charge >= 0.3 is 5.63 Å². The van der Waals surface area contributed by atoms with E-state index in [-0.39, 0.29) is 6.42 Å². The molecule has 3 rings (SSSR count). The number of aliphatic carboxylic acids is 1. The summed E-state index contributed by atoms with van der Waals surface area (Å²) in [5.74, 6) is -1.59. The fraction of sp³-hybridized carbons (Fsp3) is 0.261. The van der Waals surface area contributed by atoms with Crippen molar-refractivity contribution in [3.05, 3.63) is 65.0 Å². The summed E-state index contributed by atoms with van der Waals surface area (Å²) in [5, 5.41) is 14.3. The lowest BCUT2D eigenvalue weighted by Gasteiger charge is -2.22. The molecule has 2 atom stereocenters. The predicted molar refractivity (Wildman–Crippen MR) is 110 cm³/mol. The van der Waals surface area contributed by atoms with Crippen molar-refractivity contribution in [2.24, 2.45) is 0 Å². The van der Waals surface area contributed by atoms with Gasteiger partial charge in [-0.25, -0.2) is 4.79 Å². The van der Waals surface area contributed by atoms with Crippen molar-refractivity contribution in [1.82, 2.24) is 5.32 Å². The van der Waals surface area contributed by atoms with Crippen LogP contribution in [0.2, 0.25) is 0 Å². The van der Waals surface area contributed by atoms with Crippen molar-refractivity contribution in [1.29, 1.82) is 0 Å². The molecule has 2 aromatic carbocycles. The monoisotopic (exact) mass is 408 g/mol. The molecule has 1 heterocycles. The van der Waals surface area contributed by atoms with Crippen LogP contribution in [0.25, 0.3) is 22.1 Å². The molecule has 0 aliphatic heterocycles. The second kappa shape index (κ2) is 9.26. The maximum atomic E-state index is 12.3. The number of carbonyl (C=O) groups is 2. The summed E-state index contributed by atoms with van der Waals surface area (Å²) < 4.78 is 11.0. The highest BCUT2D eigenvalue weighted by molar-refractivity contribution is 5.93. The number of fused-ring (bicyclic) bond motifs is 1. The molecular formula is C23H22NO6-. The first-order chi connectivity index (χ1) is 14.4. The van der Waals surface area contributed by atoms with Gasteiger partial charge in [-0.3, -0.25) is 4.79 Å². The number of carboxylic acid groups (broad SMARTS) is 1. The van der Waals surface area contributed by atoms with Crippen LogP contribution < -0.4 is 20.8 Å². The van der Waals surface area contributed by atoms with Crippen LogP contribution in [0.1, 0.15) is 26.7 Å². The highest BCUT2D eigenvalue weighted by Gasteiger charge is 2.20. The van der Waals surface area contributed by atoms with Crippen molar-refractivity contribution >= 4 is 22.8 Å². The van der Waals surface area contributed by atoms with Crippen molar-refractivity contribution in [2.75, 3.05) is 0 Å². The molecule has 156 valence electrons. The maximum absolute atomic E-state index is 12.3. The lowest BCUT2D eigenvalue weighted by molar-refractivity contribution is -0.308. The molecule has 3 aromatic rings. The Balaban J connectivity index is 1.83. The zero-order valence-corrected chi connectivity index (χ0v) is 16.7. The average molecular weight is 408 g/mol. The summed E-state index contributed by atoms with van der Waals surface area (Å²) >= 11 is 0. The average Bonchev–Trinajstić information content (AvgIpc) is 2.73. The van der Waals surface area contributed by atoms with Crippen molar-refractivity contribution in [3.8, 4) is 16.9 Å². The lowest BCUT2D eigenvalue weighted by Crippen LogP contribution is -2.51. The number of carboxylic acids is 1. The van der Waals surface area contributed by atoms with Gasteiger partial charge in [0.1, 0.15) is 11.3 Å². The van der Waals surface area contributed by atoms with Crippen LogP contribution in [0.3, 0.4) is 0 Å². The Labute approximate surface area is 173 Å². The molecule has 0 saturated heterocycles. The number of carbonyl (C=O) groups excluding carboxylic acids is 2. The SMILES string of the molecule is CCC[C@@H](NC(=O)[C@H](C)Oc1ccc2c(-c3ccccc3)cc(=O)oc2c1)C(=O)[O-]. The Morgan fingerprint density at radius 3 is 2.53 bits per heavy atom. The number of hydrogen-bond acceptors (Lipinski definition) is 6. The van der Waals surface area contributed by atoms with Gasteiger partial charge in [0.25, 0.3) is 5.91 Å². The van der Waals surface area contributed by atoms with Crippen LogP contribution in [0.4, 0.5) is 0 Å². The first-order valence-corrected chi connectivity index (χ1v) is 9.70. The van der Waals surface area contributed by atoms with Gasteiger partial charge in [-0.2, -0.15) is 0 Å². The minimum absolute atomic E-state index is 0.268. The van der Waals surface area contributed by atoms with Crippen LogP contribution in [-0.2, 0) is 9.59 Å². The van der Waals surface area contributed by atoms with Crippen LogP contribution in [0.5, 0.6) is 5.75 Å².